The van der Waals surface area contributed by atoms with E-state index in [0.29, 0.717) is 12.1 Å². The van der Waals surface area contributed by atoms with Crippen molar-refractivity contribution in [3.05, 3.63) is 59.7 Å². The van der Waals surface area contributed by atoms with Crippen LogP contribution in [0.5, 0.6) is 5.75 Å². The van der Waals surface area contributed by atoms with E-state index in [9.17, 15) is 13.5 Å². The van der Waals surface area contributed by atoms with E-state index < -0.39 is 16.1 Å². The molecule has 7 nitrogen and oxygen atoms in total. The van der Waals surface area contributed by atoms with Crippen LogP contribution in [0.3, 0.4) is 0 Å². The summed E-state index contributed by atoms with van der Waals surface area (Å²) in [6, 6.07) is 14.5. The Morgan fingerprint density at radius 3 is 2.68 bits per heavy atom. The van der Waals surface area contributed by atoms with Gasteiger partial charge in [-0.3, -0.25) is 4.90 Å². The Kier molecular flexibility index (Phi) is 9.11. The monoisotopic (exact) mass is 486 g/mol. The molecule has 1 aliphatic rings. The number of ether oxygens (including phenoxy) is 2. The highest BCUT2D eigenvalue weighted by Gasteiger charge is 2.38. The number of fused-ring (bicyclic) bond motifs is 1. The Hall–Kier alpha value is -2.41. The van der Waals surface area contributed by atoms with E-state index in [1.807, 2.05) is 32.2 Å². The van der Waals surface area contributed by atoms with Gasteiger partial charge in [0.1, 0.15) is 23.4 Å². The number of rotatable bonds is 7. The Morgan fingerprint density at radius 2 is 2.00 bits per heavy atom. The first kappa shape index (κ1) is 26.2. The number of aliphatic hydroxyl groups is 1. The van der Waals surface area contributed by atoms with E-state index in [0.717, 1.165) is 6.54 Å². The van der Waals surface area contributed by atoms with Crippen LogP contribution in [0.4, 0.5) is 0 Å². The van der Waals surface area contributed by atoms with Crippen LogP contribution < -0.4 is 4.74 Å². The molecule has 184 valence electrons. The Balaban J connectivity index is 1.97. The van der Waals surface area contributed by atoms with E-state index in [4.69, 9.17) is 9.47 Å². The van der Waals surface area contributed by atoms with Crippen LogP contribution in [0, 0.1) is 17.8 Å². The second kappa shape index (κ2) is 11.8. The van der Waals surface area contributed by atoms with Gasteiger partial charge in [-0.25, -0.2) is 8.42 Å². The summed E-state index contributed by atoms with van der Waals surface area (Å²) in [4.78, 5) is 2.27. The van der Waals surface area contributed by atoms with E-state index in [-0.39, 0.29) is 42.4 Å². The molecule has 3 rings (SSSR count). The number of hydrogen-bond donors (Lipinski definition) is 1. The molecule has 3 atom stereocenters. The molecule has 0 aliphatic carbocycles. The average Bonchev–Trinajstić information content (AvgIpc) is 2.81. The third kappa shape index (κ3) is 6.38. The summed E-state index contributed by atoms with van der Waals surface area (Å²) in [6.07, 6.45) is -0.265. The first-order valence-corrected chi connectivity index (χ1v) is 12.8. The highest BCUT2D eigenvalue weighted by atomic mass is 32.2. The lowest BCUT2D eigenvalue weighted by atomic mass is 10.0. The first-order valence-electron chi connectivity index (χ1n) is 11.4. The lowest BCUT2D eigenvalue weighted by molar-refractivity contribution is 0.0733. The maximum absolute atomic E-state index is 13.5. The summed E-state index contributed by atoms with van der Waals surface area (Å²) < 4.78 is 39.8. The summed E-state index contributed by atoms with van der Waals surface area (Å²) >= 11 is 0. The van der Waals surface area contributed by atoms with Gasteiger partial charge in [0.05, 0.1) is 6.61 Å². The summed E-state index contributed by atoms with van der Waals surface area (Å²) in [7, 11) is -0.270. The number of hydrogen-bond acceptors (Lipinski definition) is 6. The van der Waals surface area contributed by atoms with Gasteiger partial charge in [0.15, 0.2) is 0 Å². The number of sulfonamides is 1. The second-order valence-corrected chi connectivity index (χ2v) is 10.7. The van der Waals surface area contributed by atoms with Crippen LogP contribution >= 0.6 is 0 Å². The highest BCUT2D eigenvalue weighted by molar-refractivity contribution is 7.89. The second-order valence-electron chi connectivity index (χ2n) is 8.82. The fourth-order valence-corrected chi connectivity index (χ4v) is 5.82. The third-order valence-corrected chi connectivity index (χ3v) is 7.92. The molecule has 0 amide bonds. The zero-order chi connectivity index (χ0) is 24.7. The SMILES string of the molecule is COCC#Cc1ccc2c(c1)O[C@H](CN(C)Cc1ccccc1)[C@@H](C)CN([C@H](C)CO)S2(=O)=O. The summed E-state index contributed by atoms with van der Waals surface area (Å²) in [5, 5.41) is 9.78. The van der Waals surface area contributed by atoms with Crippen molar-refractivity contribution >= 4 is 10.0 Å². The van der Waals surface area contributed by atoms with Crippen LogP contribution in [-0.2, 0) is 21.3 Å². The van der Waals surface area contributed by atoms with Gasteiger partial charge >= 0.3 is 0 Å². The summed E-state index contributed by atoms with van der Waals surface area (Å²) in [5.41, 5.74) is 1.84. The van der Waals surface area contributed by atoms with Gasteiger partial charge in [0, 0.05) is 44.3 Å². The molecule has 1 aliphatic heterocycles. The number of methoxy groups -OCH3 is 1. The largest absolute Gasteiger partial charge is 0.487 e. The van der Waals surface area contributed by atoms with Crippen molar-refractivity contribution < 1.29 is 23.0 Å². The van der Waals surface area contributed by atoms with E-state index in [2.05, 4.69) is 28.9 Å². The predicted molar refractivity (Wildman–Crippen MR) is 132 cm³/mol. The zero-order valence-electron chi connectivity index (χ0n) is 20.3. The minimum Gasteiger partial charge on any atom is -0.487 e. The topological polar surface area (TPSA) is 79.3 Å². The van der Waals surface area contributed by atoms with Crippen molar-refractivity contribution in [1.82, 2.24) is 9.21 Å². The molecule has 2 aromatic carbocycles. The average molecular weight is 487 g/mol. The minimum absolute atomic E-state index is 0.0905. The van der Waals surface area contributed by atoms with Gasteiger partial charge in [0.2, 0.25) is 10.0 Å². The third-order valence-electron chi connectivity index (χ3n) is 5.90. The molecule has 0 bridgehead atoms. The smallest absolute Gasteiger partial charge is 0.247 e. The van der Waals surface area contributed by atoms with Crippen LogP contribution in [0.15, 0.2) is 53.4 Å². The van der Waals surface area contributed by atoms with Gasteiger partial charge in [0.25, 0.3) is 0 Å². The molecule has 34 heavy (non-hydrogen) atoms. The van der Waals surface area contributed by atoms with Crippen LogP contribution in [0.1, 0.15) is 25.0 Å². The molecule has 1 N–H and O–H groups in total. The van der Waals surface area contributed by atoms with E-state index in [1.165, 1.54) is 9.87 Å². The van der Waals surface area contributed by atoms with Crippen LogP contribution in [0.25, 0.3) is 0 Å². The van der Waals surface area contributed by atoms with Crippen LogP contribution in [0.2, 0.25) is 0 Å². The summed E-state index contributed by atoms with van der Waals surface area (Å²) in [5.74, 6) is 6.05. The molecule has 8 heteroatoms. The van der Waals surface area contributed by atoms with Gasteiger partial charge < -0.3 is 14.6 Å². The quantitative estimate of drug-likeness (QED) is 0.606. The number of benzene rings is 2. The Labute approximate surface area is 203 Å². The fraction of sp³-hybridized carbons (Fsp3) is 0.462. The molecule has 0 saturated carbocycles. The lowest BCUT2D eigenvalue weighted by Crippen LogP contribution is -2.49. The molecule has 0 fully saturated rings. The zero-order valence-corrected chi connectivity index (χ0v) is 21.1. The lowest BCUT2D eigenvalue weighted by Gasteiger charge is -2.37. The molecule has 0 spiro atoms. The van der Waals surface area contributed by atoms with Gasteiger partial charge in [-0.15, -0.1) is 0 Å². The molecular weight excluding hydrogens is 452 g/mol. The van der Waals surface area contributed by atoms with Crippen molar-refractivity contribution in [2.24, 2.45) is 5.92 Å². The van der Waals surface area contributed by atoms with Gasteiger partial charge in [-0.05, 0) is 37.7 Å². The van der Waals surface area contributed by atoms with E-state index >= 15 is 0 Å². The van der Waals surface area contributed by atoms with Crippen molar-refractivity contribution in [1.29, 1.82) is 0 Å². The maximum Gasteiger partial charge on any atom is 0.247 e. The number of nitrogens with zero attached hydrogens (tertiary/aromatic N) is 2. The summed E-state index contributed by atoms with van der Waals surface area (Å²) in [6.45, 7) is 5.33. The Morgan fingerprint density at radius 1 is 1.26 bits per heavy atom. The molecule has 1 heterocycles. The molecule has 2 aromatic rings. The highest BCUT2D eigenvalue weighted by Crippen LogP contribution is 2.34. The van der Waals surface area contributed by atoms with Gasteiger partial charge in [-0.2, -0.15) is 4.31 Å². The molecule has 0 radical (unpaired) electrons. The predicted octanol–water partition coefficient (Wildman–Crippen LogP) is 2.59. The molecule has 0 saturated heterocycles. The number of likely N-dealkylation sites (N-methyl/N-ethyl adjacent to an activating group) is 1. The van der Waals surface area contributed by atoms with Crippen LogP contribution in [-0.4, -0.2) is 75.3 Å². The first-order chi connectivity index (χ1) is 16.3. The minimum atomic E-state index is -3.87. The van der Waals surface area contributed by atoms with Crippen molar-refractivity contribution in [2.75, 3.05) is 40.5 Å². The molecular formula is C26H34N2O5S. The maximum atomic E-state index is 13.5. The van der Waals surface area contributed by atoms with Crippen molar-refractivity contribution in [3.8, 4) is 17.6 Å². The Bertz CT molecular complexity index is 1110. The van der Waals surface area contributed by atoms with Crippen molar-refractivity contribution in [3.63, 3.8) is 0 Å². The molecule has 0 aromatic heterocycles. The van der Waals surface area contributed by atoms with Crippen molar-refractivity contribution in [2.45, 2.75) is 37.4 Å². The number of aliphatic hydroxyl groups excluding tert-OH is 1. The fourth-order valence-electron chi connectivity index (χ4n) is 4.00. The van der Waals surface area contributed by atoms with E-state index in [1.54, 1.807) is 32.2 Å². The standard InChI is InChI=1S/C26H34N2O5S/c1-20-16-28(21(2)19-29)34(30,31)26-13-12-22(11-8-14-32-4)15-24(26)33-25(20)18-27(3)17-23-9-6-5-7-10-23/h5-7,9-10,12-13,15,20-21,25,29H,14,16-19H2,1-4H3/t20-,21+,25+/m0/s1. The normalized spacial score (nSPS) is 20.9. The molecule has 0 unspecified atom stereocenters. The van der Waals surface area contributed by atoms with Gasteiger partial charge in [-0.1, -0.05) is 49.1 Å².